The van der Waals surface area contributed by atoms with E-state index in [2.05, 4.69) is 44.9 Å². The Bertz CT molecular complexity index is 126. The van der Waals surface area contributed by atoms with E-state index in [0.29, 0.717) is 0 Å². The first-order valence-corrected chi connectivity index (χ1v) is 7.61. The van der Waals surface area contributed by atoms with Crippen LogP contribution in [0.4, 0.5) is 0 Å². The number of unbranched alkanes of at least 4 members (excludes halogenated alkanes) is 3. The van der Waals surface area contributed by atoms with E-state index in [1.807, 2.05) is 0 Å². The Hall–Kier alpha value is 0.310. The van der Waals surface area contributed by atoms with Gasteiger partial charge in [-0.05, 0) is 25.1 Å². The molecule has 0 aromatic rings. The normalized spacial score (nSPS) is 13.4. The number of nitrogens with one attached hydrogen (secondary N) is 1. The highest BCUT2D eigenvalue weighted by Crippen LogP contribution is 2.13. The van der Waals surface area contributed by atoms with Crippen molar-refractivity contribution in [2.75, 3.05) is 18.6 Å². The second kappa shape index (κ2) is 10.8. The van der Waals surface area contributed by atoms with Crippen LogP contribution in [0.2, 0.25) is 0 Å². The summed E-state index contributed by atoms with van der Waals surface area (Å²) in [5, 5.41) is 3.43. The lowest BCUT2D eigenvalue weighted by Gasteiger charge is -2.16. The Morgan fingerprint density at radius 2 is 1.80 bits per heavy atom. The van der Waals surface area contributed by atoms with Gasteiger partial charge in [0.15, 0.2) is 0 Å². The predicted molar refractivity (Wildman–Crippen MR) is 73.8 cm³/mol. The van der Waals surface area contributed by atoms with E-state index in [1.54, 1.807) is 0 Å². The molecule has 0 aliphatic heterocycles. The first-order chi connectivity index (χ1) is 7.20. The van der Waals surface area contributed by atoms with Gasteiger partial charge >= 0.3 is 0 Å². The molecule has 15 heavy (non-hydrogen) atoms. The SMILES string of the molecule is CCCCCCC(CSCC(C)C)NC. The molecule has 0 aromatic carbocycles. The van der Waals surface area contributed by atoms with Crippen molar-refractivity contribution in [1.29, 1.82) is 0 Å². The minimum Gasteiger partial charge on any atom is -0.316 e. The highest BCUT2D eigenvalue weighted by atomic mass is 32.2. The molecule has 0 saturated heterocycles. The molecule has 0 rings (SSSR count). The second-order valence-electron chi connectivity index (χ2n) is 4.77. The molecule has 0 heterocycles. The van der Waals surface area contributed by atoms with Crippen LogP contribution in [-0.4, -0.2) is 24.6 Å². The van der Waals surface area contributed by atoms with Crippen LogP contribution < -0.4 is 5.32 Å². The third kappa shape index (κ3) is 10.6. The molecule has 1 atom stereocenters. The summed E-state index contributed by atoms with van der Waals surface area (Å²) in [5.74, 6) is 3.40. The van der Waals surface area contributed by atoms with Gasteiger partial charge in [0.2, 0.25) is 0 Å². The van der Waals surface area contributed by atoms with Crippen molar-refractivity contribution in [3.05, 3.63) is 0 Å². The monoisotopic (exact) mass is 231 g/mol. The summed E-state index contributed by atoms with van der Waals surface area (Å²) >= 11 is 2.10. The van der Waals surface area contributed by atoms with E-state index in [0.717, 1.165) is 12.0 Å². The highest BCUT2D eigenvalue weighted by molar-refractivity contribution is 7.99. The van der Waals surface area contributed by atoms with Gasteiger partial charge in [-0.1, -0.05) is 46.5 Å². The van der Waals surface area contributed by atoms with Crippen LogP contribution >= 0.6 is 11.8 Å². The lowest BCUT2D eigenvalue weighted by Crippen LogP contribution is -2.27. The Labute approximate surface area is 101 Å². The van der Waals surface area contributed by atoms with Crippen molar-refractivity contribution in [3.63, 3.8) is 0 Å². The van der Waals surface area contributed by atoms with E-state index in [-0.39, 0.29) is 0 Å². The molecular formula is C13H29NS. The largest absolute Gasteiger partial charge is 0.316 e. The average molecular weight is 231 g/mol. The van der Waals surface area contributed by atoms with E-state index < -0.39 is 0 Å². The molecule has 2 heteroatoms. The topological polar surface area (TPSA) is 12.0 Å². The van der Waals surface area contributed by atoms with Crippen molar-refractivity contribution in [1.82, 2.24) is 5.32 Å². The summed E-state index contributed by atoms with van der Waals surface area (Å²) in [6.07, 6.45) is 6.88. The first kappa shape index (κ1) is 15.3. The molecule has 0 aromatic heterocycles. The van der Waals surface area contributed by atoms with Gasteiger partial charge in [0, 0.05) is 11.8 Å². The van der Waals surface area contributed by atoms with Crippen LogP contribution in [0.5, 0.6) is 0 Å². The maximum absolute atomic E-state index is 3.43. The van der Waals surface area contributed by atoms with Crippen molar-refractivity contribution < 1.29 is 0 Å². The molecule has 0 amide bonds. The highest BCUT2D eigenvalue weighted by Gasteiger charge is 2.06. The molecule has 0 spiro atoms. The van der Waals surface area contributed by atoms with Gasteiger partial charge in [-0.15, -0.1) is 0 Å². The van der Waals surface area contributed by atoms with Gasteiger partial charge in [0.1, 0.15) is 0 Å². The fraction of sp³-hybridized carbons (Fsp3) is 1.00. The molecule has 1 N–H and O–H groups in total. The zero-order valence-corrected chi connectivity index (χ0v) is 11.8. The molecule has 0 fully saturated rings. The van der Waals surface area contributed by atoms with Crippen molar-refractivity contribution >= 4 is 11.8 Å². The standard InChI is InChI=1S/C13H29NS/c1-5-6-7-8-9-13(14-4)11-15-10-12(2)3/h12-14H,5-11H2,1-4H3. The Morgan fingerprint density at radius 1 is 1.07 bits per heavy atom. The Kier molecular flexibility index (Phi) is 11.0. The lowest BCUT2D eigenvalue weighted by molar-refractivity contribution is 0.523. The Morgan fingerprint density at radius 3 is 2.33 bits per heavy atom. The average Bonchev–Trinajstić information content (AvgIpc) is 2.21. The zero-order chi connectivity index (χ0) is 11.5. The molecule has 0 aliphatic rings. The van der Waals surface area contributed by atoms with Crippen LogP contribution in [0.25, 0.3) is 0 Å². The summed E-state index contributed by atoms with van der Waals surface area (Å²) in [5.41, 5.74) is 0. The third-order valence-corrected chi connectivity index (χ3v) is 4.13. The summed E-state index contributed by atoms with van der Waals surface area (Å²) in [6, 6.07) is 0.727. The maximum atomic E-state index is 3.43. The van der Waals surface area contributed by atoms with Gasteiger partial charge in [0.25, 0.3) is 0 Å². The molecule has 0 bridgehead atoms. The van der Waals surface area contributed by atoms with Crippen LogP contribution in [0.15, 0.2) is 0 Å². The predicted octanol–water partition coefficient (Wildman–Crippen LogP) is 3.93. The van der Waals surface area contributed by atoms with Crippen LogP contribution in [0, 0.1) is 5.92 Å². The minimum absolute atomic E-state index is 0.727. The van der Waals surface area contributed by atoms with Crippen LogP contribution in [0.1, 0.15) is 52.9 Å². The van der Waals surface area contributed by atoms with Gasteiger partial charge in [-0.2, -0.15) is 11.8 Å². The quantitative estimate of drug-likeness (QED) is 0.572. The van der Waals surface area contributed by atoms with E-state index >= 15 is 0 Å². The molecule has 1 nitrogen and oxygen atoms in total. The third-order valence-electron chi connectivity index (χ3n) is 2.58. The van der Waals surface area contributed by atoms with Crippen molar-refractivity contribution in [3.8, 4) is 0 Å². The molecule has 0 aliphatic carbocycles. The maximum Gasteiger partial charge on any atom is 0.0155 e. The van der Waals surface area contributed by atoms with Crippen molar-refractivity contribution in [2.45, 2.75) is 58.9 Å². The fourth-order valence-electron chi connectivity index (χ4n) is 1.57. The number of hydrogen-bond acceptors (Lipinski definition) is 2. The molecular weight excluding hydrogens is 202 g/mol. The van der Waals surface area contributed by atoms with Crippen molar-refractivity contribution in [2.24, 2.45) is 5.92 Å². The summed E-state index contributed by atoms with van der Waals surface area (Å²) in [4.78, 5) is 0. The lowest BCUT2D eigenvalue weighted by atomic mass is 10.1. The van der Waals surface area contributed by atoms with Gasteiger partial charge in [-0.3, -0.25) is 0 Å². The van der Waals surface area contributed by atoms with Gasteiger partial charge in [-0.25, -0.2) is 0 Å². The molecule has 0 saturated carbocycles. The zero-order valence-electron chi connectivity index (χ0n) is 11.0. The molecule has 0 radical (unpaired) electrons. The number of rotatable bonds is 10. The summed E-state index contributed by atoms with van der Waals surface area (Å²) in [6.45, 7) is 6.86. The second-order valence-corrected chi connectivity index (χ2v) is 5.84. The Balaban J connectivity index is 3.38. The first-order valence-electron chi connectivity index (χ1n) is 6.45. The number of hydrogen-bond donors (Lipinski definition) is 1. The smallest absolute Gasteiger partial charge is 0.0155 e. The van der Waals surface area contributed by atoms with Crippen LogP contribution in [-0.2, 0) is 0 Å². The van der Waals surface area contributed by atoms with Gasteiger partial charge < -0.3 is 5.32 Å². The van der Waals surface area contributed by atoms with E-state index in [1.165, 1.54) is 43.6 Å². The van der Waals surface area contributed by atoms with E-state index in [4.69, 9.17) is 0 Å². The van der Waals surface area contributed by atoms with Gasteiger partial charge in [0.05, 0.1) is 0 Å². The fourth-order valence-corrected chi connectivity index (χ4v) is 2.80. The van der Waals surface area contributed by atoms with E-state index in [9.17, 15) is 0 Å². The van der Waals surface area contributed by atoms with Crippen LogP contribution in [0.3, 0.4) is 0 Å². The molecule has 1 unspecified atom stereocenters. The minimum atomic E-state index is 0.727. The summed E-state index contributed by atoms with van der Waals surface area (Å²) < 4.78 is 0. The summed E-state index contributed by atoms with van der Waals surface area (Å²) in [7, 11) is 2.10. The molecule has 92 valence electrons. The number of thioether (sulfide) groups is 1.